The Labute approximate surface area is 142 Å². The van der Waals surface area contributed by atoms with Gasteiger partial charge in [-0.15, -0.1) is 0 Å². The molecule has 0 spiro atoms. The monoisotopic (exact) mass is 360 g/mol. The third kappa shape index (κ3) is 4.50. The number of carbonyl (C=O) groups is 1. The van der Waals surface area contributed by atoms with Crippen molar-refractivity contribution in [3.63, 3.8) is 0 Å². The van der Waals surface area contributed by atoms with E-state index in [9.17, 15) is 9.18 Å². The van der Waals surface area contributed by atoms with Gasteiger partial charge in [-0.05, 0) is 30.3 Å². The van der Waals surface area contributed by atoms with Crippen LogP contribution in [0.1, 0.15) is 6.42 Å². The highest BCUT2D eigenvalue weighted by molar-refractivity contribution is 6.43. The molecule has 0 fully saturated rings. The zero-order chi connectivity index (χ0) is 16.1. The second-order valence-electron chi connectivity index (χ2n) is 4.46. The number of rotatable bonds is 5. The quantitative estimate of drug-likeness (QED) is 0.766. The number of hydrogen-bond acceptors (Lipinski definition) is 2. The van der Waals surface area contributed by atoms with Crippen molar-refractivity contribution in [2.45, 2.75) is 6.42 Å². The lowest BCUT2D eigenvalue weighted by Gasteiger charge is -2.10. The molecule has 0 unspecified atom stereocenters. The zero-order valence-corrected chi connectivity index (χ0v) is 13.6. The first-order chi connectivity index (χ1) is 10.5. The largest absolute Gasteiger partial charge is 0.383 e. The standard InChI is InChI=1S/C15H12Cl3FN2O/c16-10-2-1-3-13(15(10)18)20-7-6-14(22)21-9-4-5-12(19)11(17)8-9/h1-5,8,20H,6-7H2,(H,21,22). The second kappa shape index (κ2) is 7.68. The maximum atomic E-state index is 13.0. The molecule has 0 bridgehead atoms. The van der Waals surface area contributed by atoms with Crippen LogP contribution in [-0.2, 0) is 4.79 Å². The van der Waals surface area contributed by atoms with E-state index >= 15 is 0 Å². The van der Waals surface area contributed by atoms with Crippen LogP contribution in [0.3, 0.4) is 0 Å². The fourth-order valence-corrected chi connectivity index (χ4v) is 2.30. The van der Waals surface area contributed by atoms with Crippen LogP contribution in [-0.4, -0.2) is 12.5 Å². The maximum Gasteiger partial charge on any atom is 0.226 e. The Morgan fingerprint density at radius 2 is 1.86 bits per heavy atom. The van der Waals surface area contributed by atoms with Crippen LogP contribution in [0.4, 0.5) is 15.8 Å². The minimum Gasteiger partial charge on any atom is -0.383 e. The van der Waals surface area contributed by atoms with Gasteiger partial charge in [0.05, 0.1) is 20.8 Å². The molecule has 22 heavy (non-hydrogen) atoms. The highest BCUT2D eigenvalue weighted by atomic mass is 35.5. The first-order valence-corrected chi connectivity index (χ1v) is 7.53. The van der Waals surface area contributed by atoms with Crippen molar-refractivity contribution in [3.05, 3.63) is 57.3 Å². The molecule has 0 saturated heterocycles. The Balaban J connectivity index is 1.85. The Kier molecular flexibility index (Phi) is 5.89. The van der Waals surface area contributed by atoms with E-state index < -0.39 is 5.82 Å². The average molecular weight is 362 g/mol. The summed E-state index contributed by atoms with van der Waals surface area (Å²) >= 11 is 17.6. The lowest BCUT2D eigenvalue weighted by Crippen LogP contribution is -2.16. The summed E-state index contributed by atoms with van der Waals surface area (Å²) in [5.74, 6) is -0.759. The fourth-order valence-electron chi connectivity index (χ4n) is 1.75. The van der Waals surface area contributed by atoms with Gasteiger partial charge in [-0.25, -0.2) is 4.39 Å². The summed E-state index contributed by atoms with van der Waals surface area (Å²) in [6.45, 7) is 0.376. The summed E-state index contributed by atoms with van der Waals surface area (Å²) in [4.78, 5) is 11.8. The molecule has 0 aromatic heterocycles. The Bertz CT molecular complexity index is 694. The van der Waals surface area contributed by atoms with Crippen molar-refractivity contribution in [3.8, 4) is 0 Å². The molecule has 1 amide bonds. The van der Waals surface area contributed by atoms with Crippen LogP contribution in [0, 0.1) is 5.82 Å². The Hall–Kier alpha value is -1.49. The molecule has 0 radical (unpaired) electrons. The molecular weight excluding hydrogens is 350 g/mol. The van der Waals surface area contributed by atoms with E-state index in [0.29, 0.717) is 28.0 Å². The third-order valence-electron chi connectivity index (χ3n) is 2.82. The van der Waals surface area contributed by atoms with Gasteiger partial charge in [0.15, 0.2) is 0 Å². The average Bonchev–Trinajstić information content (AvgIpc) is 2.47. The van der Waals surface area contributed by atoms with Crippen LogP contribution in [0.5, 0.6) is 0 Å². The fraction of sp³-hybridized carbons (Fsp3) is 0.133. The van der Waals surface area contributed by atoms with Gasteiger partial charge in [0, 0.05) is 18.7 Å². The van der Waals surface area contributed by atoms with Gasteiger partial charge in [0.1, 0.15) is 5.82 Å². The van der Waals surface area contributed by atoms with E-state index in [1.165, 1.54) is 18.2 Å². The summed E-state index contributed by atoms with van der Waals surface area (Å²) in [7, 11) is 0. The van der Waals surface area contributed by atoms with E-state index in [0.717, 1.165) is 0 Å². The summed E-state index contributed by atoms with van der Waals surface area (Å²) in [5.41, 5.74) is 1.10. The Morgan fingerprint density at radius 3 is 2.59 bits per heavy atom. The highest BCUT2D eigenvalue weighted by Crippen LogP contribution is 2.29. The van der Waals surface area contributed by atoms with Crippen molar-refractivity contribution < 1.29 is 9.18 Å². The first kappa shape index (κ1) is 16.9. The molecule has 2 aromatic carbocycles. The molecule has 2 N–H and O–H groups in total. The van der Waals surface area contributed by atoms with E-state index in [-0.39, 0.29) is 17.4 Å². The normalized spacial score (nSPS) is 10.4. The van der Waals surface area contributed by atoms with Crippen molar-refractivity contribution in [1.29, 1.82) is 0 Å². The van der Waals surface area contributed by atoms with Crippen molar-refractivity contribution >= 4 is 52.1 Å². The van der Waals surface area contributed by atoms with Gasteiger partial charge in [-0.1, -0.05) is 40.9 Å². The third-order valence-corrected chi connectivity index (χ3v) is 3.93. The van der Waals surface area contributed by atoms with Gasteiger partial charge in [-0.3, -0.25) is 4.79 Å². The highest BCUT2D eigenvalue weighted by Gasteiger charge is 2.07. The number of benzene rings is 2. The smallest absolute Gasteiger partial charge is 0.226 e. The zero-order valence-electron chi connectivity index (χ0n) is 11.3. The molecule has 0 heterocycles. The number of hydrogen-bond donors (Lipinski definition) is 2. The number of amides is 1. The topological polar surface area (TPSA) is 41.1 Å². The van der Waals surface area contributed by atoms with Crippen molar-refractivity contribution in [2.24, 2.45) is 0 Å². The van der Waals surface area contributed by atoms with Crippen LogP contribution in [0.2, 0.25) is 15.1 Å². The SMILES string of the molecule is O=C(CCNc1cccc(Cl)c1Cl)Nc1ccc(F)c(Cl)c1. The summed E-state index contributed by atoms with van der Waals surface area (Å²) < 4.78 is 13.0. The number of nitrogens with one attached hydrogen (secondary N) is 2. The van der Waals surface area contributed by atoms with E-state index in [1.807, 2.05) is 0 Å². The molecular formula is C15H12Cl3FN2O. The van der Waals surface area contributed by atoms with Crippen molar-refractivity contribution in [1.82, 2.24) is 0 Å². The number of anilines is 2. The van der Waals surface area contributed by atoms with Crippen LogP contribution in [0.25, 0.3) is 0 Å². The van der Waals surface area contributed by atoms with Gasteiger partial charge in [0.2, 0.25) is 5.91 Å². The lowest BCUT2D eigenvalue weighted by molar-refractivity contribution is -0.115. The Morgan fingerprint density at radius 1 is 1.09 bits per heavy atom. The maximum absolute atomic E-state index is 13.0. The molecule has 7 heteroatoms. The van der Waals surface area contributed by atoms with Gasteiger partial charge in [-0.2, -0.15) is 0 Å². The molecule has 0 aliphatic rings. The number of halogens is 4. The van der Waals surface area contributed by atoms with E-state index in [1.54, 1.807) is 18.2 Å². The van der Waals surface area contributed by atoms with Gasteiger partial charge in [0.25, 0.3) is 0 Å². The molecule has 116 valence electrons. The molecule has 2 aromatic rings. The molecule has 0 atom stereocenters. The molecule has 0 aliphatic carbocycles. The predicted molar refractivity (Wildman–Crippen MR) is 89.6 cm³/mol. The predicted octanol–water partition coefficient (Wildman–Crippen LogP) is 5.23. The minimum absolute atomic E-state index is 0.0402. The van der Waals surface area contributed by atoms with Crippen LogP contribution >= 0.6 is 34.8 Å². The van der Waals surface area contributed by atoms with Crippen molar-refractivity contribution in [2.75, 3.05) is 17.2 Å². The summed E-state index contributed by atoms with van der Waals surface area (Å²) in [6, 6.07) is 9.21. The molecule has 0 saturated carbocycles. The first-order valence-electron chi connectivity index (χ1n) is 6.40. The lowest BCUT2D eigenvalue weighted by atomic mass is 10.3. The van der Waals surface area contributed by atoms with Crippen LogP contribution < -0.4 is 10.6 Å². The summed E-state index contributed by atoms with van der Waals surface area (Å²) in [5, 5.41) is 6.47. The molecule has 3 nitrogen and oxygen atoms in total. The second-order valence-corrected chi connectivity index (χ2v) is 5.65. The minimum atomic E-state index is -0.531. The van der Waals surface area contributed by atoms with Gasteiger partial charge >= 0.3 is 0 Å². The van der Waals surface area contributed by atoms with Crippen LogP contribution in [0.15, 0.2) is 36.4 Å². The number of carbonyl (C=O) groups excluding carboxylic acids is 1. The summed E-state index contributed by atoms with van der Waals surface area (Å²) in [6.07, 6.45) is 0.206. The van der Waals surface area contributed by atoms with E-state index in [4.69, 9.17) is 34.8 Å². The molecule has 2 rings (SSSR count). The van der Waals surface area contributed by atoms with E-state index in [2.05, 4.69) is 10.6 Å². The molecule has 0 aliphatic heterocycles. The van der Waals surface area contributed by atoms with Gasteiger partial charge < -0.3 is 10.6 Å².